The molecule has 7 nitrogen and oxygen atoms in total. The standard InChI is InChI=1S/C23H25N3O4S/c1-29-20-12-7-6-11-18(20)26-19(17-9-4-3-5-10-17)15-25-23(26)31-16-21(27)24-14-8-13-22(28)30-2/h3-7,9-12,15H,8,13-14,16H2,1-2H3,(H,24,27). The molecule has 8 heteroatoms. The fourth-order valence-corrected chi connectivity index (χ4v) is 3.86. The zero-order valence-corrected chi connectivity index (χ0v) is 18.4. The maximum Gasteiger partial charge on any atom is 0.305 e. The number of aromatic nitrogens is 2. The number of rotatable bonds is 10. The number of hydrogen-bond acceptors (Lipinski definition) is 6. The smallest absolute Gasteiger partial charge is 0.305 e. The van der Waals surface area contributed by atoms with Crippen LogP contribution >= 0.6 is 11.8 Å². The number of carbonyl (C=O) groups is 2. The number of carbonyl (C=O) groups excluding carboxylic acids is 2. The van der Waals surface area contributed by atoms with E-state index in [0.29, 0.717) is 23.9 Å². The van der Waals surface area contributed by atoms with Crippen molar-refractivity contribution in [3.63, 3.8) is 0 Å². The van der Waals surface area contributed by atoms with E-state index in [0.717, 1.165) is 16.9 Å². The van der Waals surface area contributed by atoms with Crippen LogP contribution in [0.5, 0.6) is 5.75 Å². The van der Waals surface area contributed by atoms with E-state index in [-0.39, 0.29) is 24.1 Å². The lowest BCUT2D eigenvalue weighted by Gasteiger charge is -2.15. The Kier molecular flexibility index (Phi) is 8.12. The summed E-state index contributed by atoms with van der Waals surface area (Å²) in [5, 5.41) is 3.51. The minimum Gasteiger partial charge on any atom is -0.495 e. The van der Waals surface area contributed by atoms with E-state index in [1.807, 2.05) is 59.2 Å². The SMILES string of the molecule is COC(=O)CCCNC(=O)CSc1ncc(-c2ccccc2)n1-c1ccccc1OC. The molecule has 31 heavy (non-hydrogen) atoms. The molecule has 3 rings (SSSR count). The highest BCUT2D eigenvalue weighted by Crippen LogP contribution is 2.33. The fraction of sp³-hybridized carbons (Fsp3) is 0.261. The molecule has 0 saturated heterocycles. The Morgan fingerprint density at radius 1 is 1.06 bits per heavy atom. The lowest BCUT2D eigenvalue weighted by molar-refractivity contribution is -0.140. The highest BCUT2D eigenvalue weighted by atomic mass is 32.2. The summed E-state index contributed by atoms with van der Waals surface area (Å²) in [5.41, 5.74) is 2.77. The molecule has 0 radical (unpaired) electrons. The first-order chi connectivity index (χ1) is 15.1. The minimum absolute atomic E-state index is 0.120. The van der Waals surface area contributed by atoms with Gasteiger partial charge in [-0.25, -0.2) is 4.98 Å². The Morgan fingerprint density at radius 2 is 1.81 bits per heavy atom. The maximum atomic E-state index is 12.3. The van der Waals surface area contributed by atoms with Gasteiger partial charge in [0.05, 0.1) is 37.6 Å². The molecular formula is C23H25N3O4S. The summed E-state index contributed by atoms with van der Waals surface area (Å²) in [6.45, 7) is 0.421. The van der Waals surface area contributed by atoms with Crippen LogP contribution in [0.15, 0.2) is 66.0 Å². The molecule has 2 aromatic carbocycles. The second kappa shape index (κ2) is 11.2. The van der Waals surface area contributed by atoms with Gasteiger partial charge in [-0.3, -0.25) is 14.2 Å². The van der Waals surface area contributed by atoms with Gasteiger partial charge in [-0.2, -0.15) is 0 Å². The first-order valence-electron chi connectivity index (χ1n) is 9.87. The van der Waals surface area contributed by atoms with Crippen LogP contribution in [0.1, 0.15) is 12.8 Å². The third-order valence-corrected chi connectivity index (χ3v) is 5.52. The summed E-state index contributed by atoms with van der Waals surface area (Å²) in [6, 6.07) is 17.7. The van der Waals surface area contributed by atoms with E-state index in [1.165, 1.54) is 18.9 Å². The van der Waals surface area contributed by atoms with Crippen LogP contribution in [0.3, 0.4) is 0 Å². The third kappa shape index (κ3) is 5.88. The number of thioether (sulfide) groups is 1. The molecule has 1 heterocycles. The Balaban J connectivity index is 1.77. The lowest BCUT2D eigenvalue weighted by Crippen LogP contribution is -2.26. The van der Waals surface area contributed by atoms with Crippen LogP contribution in [0.4, 0.5) is 0 Å². The highest BCUT2D eigenvalue weighted by Gasteiger charge is 2.18. The monoisotopic (exact) mass is 439 g/mol. The molecule has 0 fully saturated rings. The van der Waals surface area contributed by atoms with Crippen molar-refractivity contribution in [2.45, 2.75) is 18.0 Å². The number of nitrogens with zero attached hydrogens (tertiary/aromatic N) is 2. The second-order valence-corrected chi connectivity index (χ2v) is 7.56. The largest absolute Gasteiger partial charge is 0.495 e. The second-order valence-electron chi connectivity index (χ2n) is 6.62. The van der Waals surface area contributed by atoms with Crippen LogP contribution in [-0.4, -0.2) is 47.9 Å². The average Bonchev–Trinajstić information content (AvgIpc) is 3.24. The van der Waals surface area contributed by atoms with E-state index < -0.39 is 0 Å². The van der Waals surface area contributed by atoms with E-state index in [9.17, 15) is 9.59 Å². The van der Waals surface area contributed by atoms with Crippen LogP contribution in [0, 0.1) is 0 Å². The molecule has 0 bridgehead atoms. The van der Waals surface area contributed by atoms with Gasteiger partial charge in [0, 0.05) is 18.5 Å². The summed E-state index contributed by atoms with van der Waals surface area (Å²) in [7, 11) is 2.98. The third-order valence-electron chi connectivity index (χ3n) is 4.56. The molecule has 162 valence electrons. The van der Waals surface area contributed by atoms with Crippen molar-refractivity contribution < 1.29 is 19.1 Å². The molecule has 0 aliphatic carbocycles. The number of benzene rings is 2. The quantitative estimate of drug-likeness (QED) is 0.295. The van der Waals surface area contributed by atoms with Crippen LogP contribution in [-0.2, 0) is 14.3 Å². The van der Waals surface area contributed by atoms with Gasteiger partial charge in [0.25, 0.3) is 0 Å². The van der Waals surface area contributed by atoms with Crippen LogP contribution in [0.25, 0.3) is 16.9 Å². The zero-order valence-electron chi connectivity index (χ0n) is 17.5. The van der Waals surface area contributed by atoms with E-state index in [1.54, 1.807) is 13.3 Å². The molecule has 0 aliphatic heterocycles. The summed E-state index contributed by atoms with van der Waals surface area (Å²) in [4.78, 5) is 28.0. The van der Waals surface area contributed by atoms with Crippen molar-refractivity contribution in [1.82, 2.24) is 14.9 Å². The Bertz CT molecular complexity index is 1020. The number of hydrogen-bond donors (Lipinski definition) is 1. The maximum absolute atomic E-state index is 12.3. The molecule has 1 N–H and O–H groups in total. The molecule has 0 unspecified atom stereocenters. The van der Waals surface area contributed by atoms with Crippen LogP contribution in [0.2, 0.25) is 0 Å². The van der Waals surface area contributed by atoms with Gasteiger partial charge in [0.1, 0.15) is 5.75 Å². The highest BCUT2D eigenvalue weighted by molar-refractivity contribution is 7.99. The molecule has 0 spiro atoms. The zero-order chi connectivity index (χ0) is 22.1. The summed E-state index contributed by atoms with van der Waals surface area (Å²) in [5.74, 6) is 0.520. The van der Waals surface area contributed by atoms with Crippen molar-refractivity contribution >= 4 is 23.6 Å². The molecule has 0 saturated carbocycles. The topological polar surface area (TPSA) is 82.5 Å². The Labute approximate surface area is 185 Å². The van der Waals surface area contributed by atoms with Crippen molar-refractivity contribution in [2.75, 3.05) is 26.5 Å². The van der Waals surface area contributed by atoms with Gasteiger partial charge in [0.2, 0.25) is 5.91 Å². The summed E-state index contributed by atoms with van der Waals surface area (Å²) < 4.78 is 12.2. The van der Waals surface area contributed by atoms with Gasteiger partial charge in [-0.15, -0.1) is 0 Å². The van der Waals surface area contributed by atoms with E-state index in [2.05, 4.69) is 15.0 Å². The number of imidazole rings is 1. The molecule has 1 amide bonds. The van der Waals surface area contributed by atoms with Crippen LogP contribution < -0.4 is 10.1 Å². The predicted octanol–water partition coefficient (Wildman–Crippen LogP) is 3.71. The van der Waals surface area contributed by atoms with Gasteiger partial charge >= 0.3 is 5.97 Å². The normalized spacial score (nSPS) is 10.5. The number of esters is 1. The lowest BCUT2D eigenvalue weighted by atomic mass is 10.1. The number of nitrogens with one attached hydrogen (secondary N) is 1. The van der Waals surface area contributed by atoms with Crippen molar-refractivity contribution in [2.24, 2.45) is 0 Å². The predicted molar refractivity (Wildman–Crippen MR) is 121 cm³/mol. The Morgan fingerprint density at radius 3 is 2.55 bits per heavy atom. The van der Waals surface area contributed by atoms with Gasteiger partial charge in [-0.1, -0.05) is 54.2 Å². The van der Waals surface area contributed by atoms with E-state index in [4.69, 9.17) is 4.74 Å². The fourth-order valence-electron chi connectivity index (χ4n) is 3.04. The molecule has 3 aromatic rings. The minimum atomic E-state index is -0.282. The van der Waals surface area contributed by atoms with Crippen molar-refractivity contribution in [1.29, 1.82) is 0 Å². The van der Waals surface area contributed by atoms with E-state index >= 15 is 0 Å². The van der Waals surface area contributed by atoms with Crippen molar-refractivity contribution in [3.05, 3.63) is 60.8 Å². The number of ether oxygens (including phenoxy) is 2. The number of methoxy groups -OCH3 is 2. The van der Waals surface area contributed by atoms with Gasteiger partial charge < -0.3 is 14.8 Å². The molecule has 1 aromatic heterocycles. The summed E-state index contributed by atoms with van der Waals surface area (Å²) in [6.07, 6.45) is 2.62. The van der Waals surface area contributed by atoms with Crippen molar-refractivity contribution in [3.8, 4) is 22.7 Å². The number of amides is 1. The average molecular weight is 440 g/mol. The molecule has 0 aliphatic rings. The summed E-state index contributed by atoms with van der Waals surface area (Å²) >= 11 is 1.35. The van der Waals surface area contributed by atoms with Gasteiger partial charge in [0.15, 0.2) is 5.16 Å². The molecule has 0 atom stereocenters. The number of para-hydroxylation sites is 2. The molecular weight excluding hydrogens is 414 g/mol. The first kappa shape index (κ1) is 22.4. The Hall–Kier alpha value is -3.26. The van der Waals surface area contributed by atoms with Gasteiger partial charge in [-0.05, 0) is 18.6 Å². The first-order valence-corrected chi connectivity index (χ1v) is 10.9.